The van der Waals surface area contributed by atoms with Crippen molar-refractivity contribution in [3.05, 3.63) is 23.3 Å². The van der Waals surface area contributed by atoms with Crippen molar-refractivity contribution in [2.45, 2.75) is 11.2 Å². The Morgan fingerprint density at radius 3 is 2.60 bits per heavy atom. The van der Waals surface area contributed by atoms with Gasteiger partial charge in [0.25, 0.3) is 0 Å². The van der Waals surface area contributed by atoms with Gasteiger partial charge in [-0.1, -0.05) is 35.4 Å². The lowest BCUT2D eigenvalue weighted by Crippen LogP contribution is -2.36. The molecule has 0 bridgehead atoms. The maximum absolute atomic E-state index is 9.18. The number of rotatable bonds is 0. The third-order valence-corrected chi connectivity index (χ3v) is 2.20. The number of alkyl halides is 1. The molecular weight excluding hydrogens is 175 g/mol. The summed E-state index contributed by atoms with van der Waals surface area (Å²) >= 11 is 10.9. The van der Waals surface area contributed by atoms with Crippen LogP contribution < -0.4 is 0 Å². The van der Waals surface area contributed by atoms with Crippen LogP contribution in [-0.2, 0) is 0 Å². The lowest BCUT2D eigenvalue weighted by molar-refractivity contribution is 0.0444. The molecule has 4 heteroatoms. The Bertz CT molecular complexity index is 196. The molecule has 0 heterocycles. The van der Waals surface area contributed by atoms with Gasteiger partial charge in [0.1, 0.15) is 6.10 Å². The van der Waals surface area contributed by atoms with E-state index in [0.29, 0.717) is 0 Å². The van der Waals surface area contributed by atoms with E-state index < -0.39 is 11.2 Å². The minimum absolute atomic E-state index is 0.0316. The maximum Gasteiger partial charge on any atom is 0.204 e. The smallest absolute Gasteiger partial charge is 0.204 e. The monoisotopic (exact) mass is 180 g/mol. The van der Waals surface area contributed by atoms with E-state index in [1.807, 2.05) is 0 Å². The van der Waals surface area contributed by atoms with Crippen LogP contribution in [0.3, 0.4) is 0 Å². The normalized spacial score (nSPS) is 39.6. The second-order valence-corrected chi connectivity index (χ2v) is 3.00. The first-order valence-corrected chi connectivity index (χ1v) is 3.44. The number of halogens is 2. The molecule has 0 amide bonds. The summed E-state index contributed by atoms with van der Waals surface area (Å²) in [5, 5.41) is 16.4. The lowest BCUT2D eigenvalue weighted by Gasteiger charge is -2.25. The van der Waals surface area contributed by atoms with Crippen LogP contribution in [-0.4, -0.2) is 21.4 Å². The van der Waals surface area contributed by atoms with Crippen LogP contribution in [0, 0.1) is 0 Å². The zero-order chi connectivity index (χ0) is 7.78. The molecule has 0 radical (unpaired) electrons. The molecule has 1 aliphatic carbocycles. The largest absolute Gasteiger partial charge is 0.384 e. The fourth-order valence-electron chi connectivity index (χ4n) is 0.631. The molecule has 56 valence electrons. The van der Waals surface area contributed by atoms with Gasteiger partial charge in [0.2, 0.25) is 5.06 Å². The zero-order valence-electron chi connectivity index (χ0n) is 4.96. The summed E-state index contributed by atoms with van der Waals surface area (Å²) in [6.07, 6.45) is 3.19. The topological polar surface area (TPSA) is 40.5 Å². The molecule has 0 aromatic heterocycles. The van der Waals surface area contributed by atoms with Crippen molar-refractivity contribution in [2.24, 2.45) is 0 Å². The molecule has 2 atom stereocenters. The molecular formula is C6H6Cl2O2. The molecule has 2 N–H and O–H groups in total. The fourth-order valence-corrected chi connectivity index (χ4v) is 0.951. The Labute approximate surface area is 68.4 Å². The highest BCUT2D eigenvalue weighted by molar-refractivity contribution is 6.39. The molecule has 0 saturated carbocycles. The SMILES string of the molecule is OC1C=CC=C(Cl)C1(O)Cl. The molecule has 2 nitrogen and oxygen atoms in total. The molecule has 2 unspecified atom stereocenters. The van der Waals surface area contributed by atoms with Crippen molar-refractivity contribution in [2.75, 3.05) is 0 Å². The Kier molecular flexibility index (Phi) is 2.06. The van der Waals surface area contributed by atoms with Gasteiger partial charge in [-0.3, -0.25) is 0 Å². The van der Waals surface area contributed by atoms with Gasteiger partial charge in [-0.05, 0) is 6.08 Å². The summed E-state index contributed by atoms with van der Waals surface area (Å²) in [7, 11) is 0. The highest BCUT2D eigenvalue weighted by Gasteiger charge is 2.36. The van der Waals surface area contributed by atoms with E-state index in [4.69, 9.17) is 28.3 Å². The average Bonchev–Trinajstić information content (AvgIpc) is 1.84. The highest BCUT2D eigenvalue weighted by atomic mass is 35.5. The predicted molar refractivity (Wildman–Crippen MR) is 39.9 cm³/mol. The van der Waals surface area contributed by atoms with Crippen molar-refractivity contribution in [3.8, 4) is 0 Å². The third kappa shape index (κ3) is 1.20. The number of allylic oxidation sites excluding steroid dienone is 2. The first-order chi connectivity index (χ1) is 4.55. The fraction of sp³-hybridized carbons (Fsp3) is 0.333. The Balaban J connectivity index is 2.93. The van der Waals surface area contributed by atoms with E-state index >= 15 is 0 Å². The third-order valence-electron chi connectivity index (χ3n) is 1.26. The number of hydrogen-bond acceptors (Lipinski definition) is 2. The van der Waals surface area contributed by atoms with Gasteiger partial charge in [-0.2, -0.15) is 0 Å². The van der Waals surface area contributed by atoms with E-state index in [1.165, 1.54) is 18.2 Å². The summed E-state index contributed by atoms with van der Waals surface area (Å²) in [5.74, 6) is 0. The van der Waals surface area contributed by atoms with Gasteiger partial charge >= 0.3 is 0 Å². The summed E-state index contributed by atoms with van der Waals surface area (Å²) in [6.45, 7) is 0. The van der Waals surface area contributed by atoms with Crippen molar-refractivity contribution < 1.29 is 10.2 Å². The van der Waals surface area contributed by atoms with Gasteiger partial charge < -0.3 is 10.2 Å². The maximum atomic E-state index is 9.18. The van der Waals surface area contributed by atoms with Crippen molar-refractivity contribution in [3.63, 3.8) is 0 Å². The van der Waals surface area contributed by atoms with Gasteiger partial charge in [-0.15, -0.1) is 0 Å². The van der Waals surface area contributed by atoms with Crippen molar-refractivity contribution >= 4 is 23.2 Å². The van der Waals surface area contributed by atoms with Crippen LogP contribution in [0.5, 0.6) is 0 Å². The summed E-state index contributed by atoms with van der Waals surface area (Å²) in [5.41, 5.74) is 0. The van der Waals surface area contributed by atoms with E-state index in [0.717, 1.165) is 0 Å². The minimum Gasteiger partial charge on any atom is -0.384 e. The average molecular weight is 181 g/mol. The predicted octanol–water partition coefficient (Wildman–Crippen LogP) is 0.967. The van der Waals surface area contributed by atoms with Gasteiger partial charge in [-0.25, -0.2) is 0 Å². The quantitative estimate of drug-likeness (QED) is 0.546. The standard InChI is InChI=1S/C6H6Cl2O2/c7-4-2-1-3-5(9)6(4,8)10/h1-3,5,9-10H. The Morgan fingerprint density at radius 1 is 1.60 bits per heavy atom. The van der Waals surface area contributed by atoms with Crippen LogP contribution in [0.25, 0.3) is 0 Å². The zero-order valence-corrected chi connectivity index (χ0v) is 6.47. The van der Waals surface area contributed by atoms with Crippen molar-refractivity contribution in [1.82, 2.24) is 0 Å². The van der Waals surface area contributed by atoms with E-state index in [1.54, 1.807) is 0 Å². The van der Waals surface area contributed by atoms with Crippen LogP contribution in [0.15, 0.2) is 23.3 Å². The highest BCUT2D eigenvalue weighted by Crippen LogP contribution is 2.32. The molecule has 0 spiro atoms. The second kappa shape index (κ2) is 2.55. The number of hydrogen-bond donors (Lipinski definition) is 2. The molecule has 0 aromatic rings. The lowest BCUT2D eigenvalue weighted by atomic mass is 10.1. The number of aliphatic hydroxyl groups is 2. The molecule has 0 aliphatic heterocycles. The summed E-state index contributed by atoms with van der Waals surface area (Å²) in [6, 6.07) is 0. The van der Waals surface area contributed by atoms with Crippen LogP contribution in [0.2, 0.25) is 0 Å². The van der Waals surface area contributed by atoms with Crippen LogP contribution in [0.1, 0.15) is 0 Å². The molecule has 1 aliphatic rings. The van der Waals surface area contributed by atoms with E-state index in [-0.39, 0.29) is 5.03 Å². The first-order valence-electron chi connectivity index (χ1n) is 2.69. The molecule has 0 saturated heterocycles. The number of aliphatic hydroxyl groups excluding tert-OH is 1. The Hall–Kier alpha value is -0.0200. The van der Waals surface area contributed by atoms with Gasteiger partial charge in [0.15, 0.2) is 0 Å². The first kappa shape index (κ1) is 8.08. The van der Waals surface area contributed by atoms with Gasteiger partial charge in [0, 0.05) is 0 Å². The van der Waals surface area contributed by atoms with Crippen LogP contribution in [0.4, 0.5) is 0 Å². The molecule has 0 aromatic carbocycles. The van der Waals surface area contributed by atoms with Crippen molar-refractivity contribution in [1.29, 1.82) is 0 Å². The Morgan fingerprint density at radius 2 is 2.20 bits per heavy atom. The van der Waals surface area contributed by atoms with E-state index in [9.17, 15) is 5.11 Å². The molecule has 10 heavy (non-hydrogen) atoms. The van der Waals surface area contributed by atoms with E-state index in [2.05, 4.69) is 0 Å². The molecule has 0 fully saturated rings. The summed E-state index contributed by atoms with van der Waals surface area (Å²) < 4.78 is 0. The minimum atomic E-state index is -1.84. The second-order valence-electron chi connectivity index (χ2n) is 2.02. The molecule has 1 rings (SSSR count). The van der Waals surface area contributed by atoms with Crippen LogP contribution >= 0.6 is 23.2 Å². The summed E-state index contributed by atoms with van der Waals surface area (Å²) in [4.78, 5) is 0. The van der Waals surface area contributed by atoms with Gasteiger partial charge in [0.05, 0.1) is 5.03 Å².